The number of halogens is 1. The van der Waals surface area contributed by atoms with Crippen LogP contribution in [0.2, 0.25) is 0 Å². The summed E-state index contributed by atoms with van der Waals surface area (Å²) < 4.78 is 71.0. The number of hydrogen-bond donors (Lipinski definition) is 4. The van der Waals surface area contributed by atoms with Crippen LogP contribution >= 0.6 is 0 Å². The third kappa shape index (κ3) is 10.3. The van der Waals surface area contributed by atoms with Crippen LogP contribution in [0.4, 0.5) is 32.8 Å². The minimum atomic E-state index is -4.72. The summed E-state index contributed by atoms with van der Waals surface area (Å²) in [5.74, 6) is -0.818. The van der Waals surface area contributed by atoms with E-state index in [9.17, 15) is 28.4 Å². The highest BCUT2D eigenvalue weighted by Crippen LogP contribution is 2.54. The van der Waals surface area contributed by atoms with Gasteiger partial charge >= 0.3 is 0 Å². The quantitative estimate of drug-likeness (QED) is 0.0683. The van der Waals surface area contributed by atoms with E-state index in [-0.39, 0.29) is 71.0 Å². The summed E-state index contributed by atoms with van der Waals surface area (Å²) in [5, 5.41) is 26.1. The number of rotatable bonds is 12. The van der Waals surface area contributed by atoms with Crippen LogP contribution in [-0.4, -0.2) is 129 Å². The number of hydrogen-bond acceptors (Lipinski definition) is 15. The number of pyridine rings is 1. The number of nitrogens with one attached hydrogen (secondary N) is 3. The average Bonchev–Trinajstić information content (AvgIpc) is 3.51. The number of fused-ring (bicyclic) bond motifs is 3. The Hall–Kier alpha value is -5.90. The number of sulfonamides is 1. The lowest BCUT2D eigenvalue weighted by Gasteiger charge is -2.57. The van der Waals surface area contributed by atoms with Gasteiger partial charge in [0.05, 0.1) is 77.2 Å². The van der Waals surface area contributed by atoms with Crippen molar-refractivity contribution in [1.29, 1.82) is 0 Å². The zero-order valence-electron chi connectivity index (χ0n) is 42.8. The Kier molecular flexibility index (Phi) is 14.0. The first kappa shape index (κ1) is 51.2. The molecule has 11 rings (SSSR count). The number of anilines is 4. The molecule has 1 spiro atoms. The minimum Gasteiger partial charge on any atom is -0.473 e. The van der Waals surface area contributed by atoms with E-state index in [1.165, 1.54) is 29.5 Å². The molecule has 0 radical (unpaired) electrons. The lowest BCUT2D eigenvalue weighted by molar-refractivity contribution is -0.384. The molecule has 5 fully saturated rings. The number of nitrogens with zero attached hydrogens (tertiary/aromatic N) is 5. The van der Waals surface area contributed by atoms with E-state index in [0.29, 0.717) is 50.2 Å². The summed E-state index contributed by atoms with van der Waals surface area (Å²) in [7, 11) is -4.72. The van der Waals surface area contributed by atoms with E-state index in [1.54, 1.807) is 24.0 Å². The number of morpholine rings is 1. The van der Waals surface area contributed by atoms with Crippen LogP contribution in [0.1, 0.15) is 106 Å². The van der Waals surface area contributed by atoms with Crippen molar-refractivity contribution < 1.29 is 46.6 Å². The summed E-state index contributed by atoms with van der Waals surface area (Å²) in [6.07, 6.45) is 7.41. The molecule has 400 valence electrons. The molecular formula is C55H67FN8O10S. The zero-order chi connectivity index (χ0) is 52.2. The molecule has 3 aromatic carbocycles. The van der Waals surface area contributed by atoms with E-state index in [0.717, 1.165) is 76.5 Å². The summed E-state index contributed by atoms with van der Waals surface area (Å²) >= 11 is 0. The van der Waals surface area contributed by atoms with Crippen molar-refractivity contribution in [2.75, 3.05) is 80.9 Å². The van der Waals surface area contributed by atoms with Crippen LogP contribution in [0, 0.1) is 27.3 Å². The predicted molar refractivity (Wildman–Crippen MR) is 281 cm³/mol. The molecule has 4 N–H and O–H groups in total. The molecule has 5 aromatic rings. The normalized spacial score (nSPS) is 25.4. The first-order chi connectivity index (χ1) is 36.1. The van der Waals surface area contributed by atoms with Gasteiger partial charge in [-0.15, -0.1) is 0 Å². The number of H-pyrrole nitrogens is 1. The number of carbonyl (C=O) groups is 1. The van der Waals surface area contributed by atoms with Gasteiger partial charge in [0.15, 0.2) is 0 Å². The average molecular weight is 1050 g/mol. The topological polar surface area (TPSA) is 214 Å². The first-order valence-corrected chi connectivity index (χ1v) is 28.0. The molecule has 4 aliphatic heterocycles. The summed E-state index contributed by atoms with van der Waals surface area (Å²) in [5.41, 5.74) is 3.46. The molecule has 20 heteroatoms. The van der Waals surface area contributed by atoms with E-state index in [1.807, 2.05) is 12.1 Å². The number of amides is 1. The van der Waals surface area contributed by atoms with Crippen molar-refractivity contribution >= 4 is 55.4 Å². The van der Waals surface area contributed by atoms with E-state index >= 15 is 4.39 Å². The van der Waals surface area contributed by atoms with Crippen LogP contribution in [0.3, 0.4) is 0 Å². The fourth-order valence-corrected chi connectivity index (χ4v) is 13.5. The molecule has 6 aliphatic rings. The second-order valence-electron chi connectivity index (χ2n) is 22.1. The Morgan fingerprint density at radius 2 is 1.73 bits per heavy atom. The number of aliphatic hydroxyl groups is 1. The van der Waals surface area contributed by atoms with Crippen LogP contribution in [0.5, 0.6) is 5.88 Å². The molecular weight excluding hydrogens is 984 g/mol. The maximum Gasteiger partial charge on any atom is 0.293 e. The highest BCUT2D eigenvalue weighted by Gasteiger charge is 2.50. The maximum absolute atomic E-state index is 15.5. The molecule has 6 heterocycles. The number of aromatic nitrogens is 2. The summed E-state index contributed by atoms with van der Waals surface area (Å²) in [4.78, 5) is 40.4. The van der Waals surface area contributed by atoms with E-state index < -0.39 is 55.0 Å². The largest absolute Gasteiger partial charge is 0.473 e. The molecule has 1 amide bonds. The number of nitro groups is 1. The van der Waals surface area contributed by atoms with Gasteiger partial charge in [-0.3, -0.25) is 19.8 Å². The number of ether oxygens (including phenoxy) is 4. The third-order valence-corrected chi connectivity index (χ3v) is 18.2. The van der Waals surface area contributed by atoms with E-state index in [4.69, 9.17) is 18.9 Å². The second kappa shape index (κ2) is 20.6. The smallest absolute Gasteiger partial charge is 0.293 e. The van der Waals surface area contributed by atoms with Crippen molar-refractivity contribution in [3.05, 3.63) is 106 Å². The number of nitro benzene ring substituents is 1. The Morgan fingerprint density at radius 3 is 2.51 bits per heavy atom. The number of carbonyl (C=O) groups excluding carboxylic acids is 1. The van der Waals surface area contributed by atoms with Crippen LogP contribution in [0.15, 0.2) is 77.8 Å². The molecule has 2 aliphatic carbocycles. The van der Waals surface area contributed by atoms with Gasteiger partial charge in [-0.25, -0.2) is 17.5 Å². The first-order valence-electron chi connectivity index (χ1n) is 26.5. The molecule has 75 heavy (non-hydrogen) atoms. The summed E-state index contributed by atoms with van der Waals surface area (Å²) in [6, 6.07) is 19.2. The van der Waals surface area contributed by atoms with Gasteiger partial charge in [-0.2, -0.15) is 4.98 Å². The van der Waals surface area contributed by atoms with Gasteiger partial charge in [-0.05, 0) is 123 Å². The Morgan fingerprint density at radius 1 is 0.960 bits per heavy atom. The number of aromatic amines is 1. The van der Waals surface area contributed by atoms with Crippen molar-refractivity contribution in [2.24, 2.45) is 11.3 Å². The number of piperidine rings is 1. The van der Waals surface area contributed by atoms with Gasteiger partial charge < -0.3 is 44.2 Å². The molecule has 2 saturated carbocycles. The lowest BCUT2D eigenvalue weighted by Crippen LogP contribution is -2.58. The highest BCUT2D eigenvalue weighted by molar-refractivity contribution is 7.90. The molecule has 0 bridgehead atoms. The monoisotopic (exact) mass is 1050 g/mol. The maximum atomic E-state index is 15.5. The Bertz CT molecular complexity index is 3050. The highest BCUT2D eigenvalue weighted by atomic mass is 32.2. The third-order valence-electron chi connectivity index (χ3n) is 16.9. The minimum absolute atomic E-state index is 0.0403. The molecule has 3 atom stereocenters. The standard InChI is InChI=1S/C55H67FN8O10S/c1-34(2)39-6-4-5-7-40(39)48-31-71-21-20-62(48)37-27-55(28-37)16-18-61(19-17-55)36-8-10-41(45(24-36)63-47-26-42-43(56)30-58-51(42)59-53(47)74-33-50-49(63)32-72-22-23-73-50)52(65)60-75(69,70)38-9-11-44(46(25-38)64(67)68)57-29-35-12-14-54(3,66)15-13-35/h4-11,24-26,30,34-35,37,48-50,57,66H,12-23,27-29,31-33H2,1-3H3,(H,58,59)(H,60,65)/t35?,48-,49+,50-,54?/m0/s1. The van der Waals surface area contributed by atoms with Gasteiger partial charge in [0.1, 0.15) is 35.6 Å². The fourth-order valence-electron chi connectivity index (χ4n) is 12.6. The van der Waals surface area contributed by atoms with Crippen molar-refractivity contribution in [3.8, 4) is 5.88 Å². The molecule has 18 nitrogen and oxygen atoms in total. The van der Waals surface area contributed by atoms with Crippen LogP contribution in [-0.2, 0) is 24.2 Å². The van der Waals surface area contributed by atoms with E-state index in [2.05, 4.69) is 67.9 Å². The molecule has 2 aromatic heterocycles. The molecule has 0 unspecified atom stereocenters. The SMILES string of the molecule is CC(C)c1ccccc1[C@@H]1COCCN1C1CC2(CCN(c3ccc(C(=O)NS(=O)(=O)c4ccc(NCC5CCC(C)(O)CC5)c([N+](=O)[O-])c4)c(N4c5cc6c(F)c[nH]c6nc5OC[C@@H]5OCCOC[C@H]54)c3)CC2)C1. The Labute approximate surface area is 436 Å². The predicted octanol–water partition coefficient (Wildman–Crippen LogP) is 8.34. The van der Waals surface area contributed by atoms with Crippen LogP contribution in [0.25, 0.3) is 11.0 Å². The van der Waals surface area contributed by atoms with Crippen molar-refractivity contribution in [2.45, 2.75) is 113 Å². The molecule has 3 saturated heterocycles. The van der Waals surface area contributed by atoms with Gasteiger partial charge in [0, 0.05) is 50.2 Å². The summed E-state index contributed by atoms with van der Waals surface area (Å²) in [6.45, 7) is 11.2. The number of benzene rings is 3. The lowest BCUT2D eigenvalue weighted by atomic mass is 9.59. The van der Waals surface area contributed by atoms with Gasteiger partial charge in [-0.1, -0.05) is 38.1 Å². The van der Waals surface area contributed by atoms with Gasteiger partial charge in [0.2, 0.25) is 5.88 Å². The van der Waals surface area contributed by atoms with Crippen LogP contribution < -0.4 is 24.6 Å². The zero-order valence-corrected chi connectivity index (χ0v) is 43.6. The fraction of sp³-hybridized carbons (Fsp3) is 0.527. The van der Waals surface area contributed by atoms with Gasteiger partial charge in [0.25, 0.3) is 21.6 Å². The Balaban J connectivity index is 0.890. The van der Waals surface area contributed by atoms with Crippen molar-refractivity contribution in [3.63, 3.8) is 0 Å². The second-order valence-corrected chi connectivity index (χ2v) is 23.8. The van der Waals surface area contributed by atoms with Crippen molar-refractivity contribution in [1.82, 2.24) is 19.6 Å².